The number of rotatable bonds is 6. The fourth-order valence-electron chi connectivity index (χ4n) is 1.29. The quantitative estimate of drug-likeness (QED) is 0.846. The van der Waals surface area contributed by atoms with Crippen LogP contribution >= 0.6 is 11.6 Å². The van der Waals surface area contributed by atoms with Crippen molar-refractivity contribution in [1.29, 1.82) is 0 Å². The number of hydrogen-bond donors (Lipinski definition) is 1. The third-order valence-electron chi connectivity index (χ3n) is 2.13. The van der Waals surface area contributed by atoms with E-state index in [1.807, 2.05) is 6.92 Å². The van der Waals surface area contributed by atoms with Crippen molar-refractivity contribution >= 4 is 28.1 Å². The minimum atomic E-state index is -0.868. The van der Waals surface area contributed by atoms with Crippen LogP contribution in [0.2, 0.25) is 5.02 Å². The van der Waals surface area contributed by atoms with E-state index in [-0.39, 0.29) is 10.6 Å². The lowest BCUT2D eigenvalue weighted by Gasteiger charge is -2.09. The first-order chi connectivity index (χ1) is 8.06. The van der Waals surface area contributed by atoms with Gasteiger partial charge < -0.3 is 5.32 Å². The molecule has 0 radical (unpaired) electrons. The number of hydrogen-bond acceptors (Lipinski definition) is 4. The molecule has 1 atom stereocenters. The number of halogens is 1. The maximum atomic E-state index is 11.7. The summed E-state index contributed by atoms with van der Waals surface area (Å²) >= 11 is 5.94. The van der Waals surface area contributed by atoms with E-state index in [0.717, 1.165) is 6.42 Å². The van der Waals surface area contributed by atoms with Crippen LogP contribution in [0.3, 0.4) is 0 Å². The van der Waals surface area contributed by atoms with E-state index < -0.39 is 10.8 Å². The van der Waals surface area contributed by atoms with Gasteiger partial charge in [-0.3, -0.25) is 9.00 Å². The van der Waals surface area contributed by atoms with Gasteiger partial charge in [-0.05, 0) is 6.42 Å². The monoisotopic (exact) mass is 277 g/mol. The van der Waals surface area contributed by atoms with Crippen molar-refractivity contribution in [3.8, 4) is 0 Å². The van der Waals surface area contributed by atoms with Crippen LogP contribution in [0.5, 0.6) is 0 Å². The molecule has 1 unspecified atom stereocenters. The van der Waals surface area contributed by atoms with E-state index >= 15 is 0 Å². The lowest BCUT2D eigenvalue weighted by molar-refractivity contribution is 0.568. The molecule has 0 aliphatic rings. The summed E-state index contributed by atoms with van der Waals surface area (Å²) in [7, 11) is -0.868. The molecule has 0 saturated carbocycles. The van der Waals surface area contributed by atoms with Crippen LogP contribution < -0.4 is 10.9 Å². The van der Waals surface area contributed by atoms with Crippen LogP contribution in [-0.4, -0.2) is 32.5 Å². The van der Waals surface area contributed by atoms with Crippen LogP contribution in [0.4, 0.5) is 5.69 Å². The summed E-state index contributed by atoms with van der Waals surface area (Å²) in [6.07, 6.45) is 3.98. The number of nitrogens with one attached hydrogen (secondary N) is 1. The molecule has 17 heavy (non-hydrogen) atoms. The van der Waals surface area contributed by atoms with Crippen molar-refractivity contribution in [1.82, 2.24) is 9.78 Å². The molecule has 0 bridgehead atoms. The molecule has 1 aromatic heterocycles. The first-order valence-electron chi connectivity index (χ1n) is 5.35. The van der Waals surface area contributed by atoms with E-state index in [9.17, 15) is 9.00 Å². The molecule has 0 aromatic carbocycles. The SMILES string of the molecule is CCCn1ncc(NCCS(C)=O)c(Cl)c1=O. The number of anilines is 1. The van der Waals surface area contributed by atoms with Gasteiger partial charge in [-0.2, -0.15) is 5.10 Å². The van der Waals surface area contributed by atoms with Crippen molar-refractivity contribution < 1.29 is 4.21 Å². The fourth-order valence-corrected chi connectivity index (χ4v) is 1.89. The lowest BCUT2D eigenvalue weighted by atomic mass is 10.4. The van der Waals surface area contributed by atoms with Crippen molar-refractivity contribution in [2.24, 2.45) is 0 Å². The summed E-state index contributed by atoms with van der Waals surface area (Å²) in [5.74, 6) is 0.508. The predicted molar refractivity (Wildman–Crippen MR) is 71.2 cm³/mol. The first kappa shape index (κ1) is 14.2. The third kappa shape index (κ3) is 4.12. The second kappa shape index (κ2) is 6.76. The molecule has 0 aliphatic heterocycles. The Morgan fingerprint density at radius 2 is 2.29 bits per heavy atom. The molecule has 0 spiro atoms. The number of aromatic nitrogens is 2. The molecule has 0 fully saturated rings. The summed E-state index contributed by atoms with van der Waals surface area (Å²) in [4.78, 5) is 11.7. The minimum absolute atomic E-state index is 0.135. The highest BCUT2D eigenvalue weighted by molar-refractivity contribution is 7.84. The number of nitrogens with zero attached hydrogens (tertiary/aromatic N) is 2. The van der Waals surface area contributed by atoms with Gasteiger partial charge in [0.15, 0.2) is 0 Å². The van der Waals surface area contributed by atoms with Crippen molar-refractivity contribution in [2.75, 3.05) is 23.9 Å². The first-order valence-corrected chi connectivity index (χ1v) is 7.46. The molecule has 7 heteroatoms. The third-order valence-corrected chi connectivity index (χ3v) is 3.27. The van der Waals surface area contributed by atoms with Gasteiger partial charge in [0.1, 0.15) is 5.02 Å². The normalized spacial score (nSPS) is 12.4. The zero-order valence-electron chi connectivity index (χ0n) is 9.90. The molecule has 1 rings (SSSR count). The molecule has 1 N–H and O–H groups in total. The van der Waals surface area contributed by atoms with Crippen LogP contribution in [0.25, 0.3) is 0 Å². The Balaban J connectivity index is 2.78. The topological polar surface area (TPSA) is 64.0 Å². The van der Waals surface area contributed by atoms with Gasteiger partial charge >= 0.3 is 0 Å². The maximum absolute atomic E-state index is 11.7. The van der Waals surface area contributed by atoms with Gasteiger partial charge in [0.25, 0.3) is 5.56 Å². The molecular weight excluding hydrogens is 262 g/mol. The number of aryl methyl sites for hydroxylation is 1. The minimum Gasteiger partial charge on any atom is -0.381 e. The largest absolute Gasteiger partial charge is 0.381 e. The summed E-state index contributed by atoms with van der Waals surface area (Å²) in [6.45, 7) is 3.02. The standard InChI is InChI=1S/C10H16ClN3O2S/c1-3-5-14-10(15)9(11)8(7-13-14)12-4-6-17(2)16/h7,12H,3-6H2,1-2H3. The van der Waals surface area contributed by atoms with Crippen LogP contribution in [0, 0.1) is 0 Å². The van der Waals surface area contributed by atoms with E-state index in [4.69, 9.17) is 11.6 Å². The molecule has 0 amide bonds. The average Bonchev–Trinajstić information content (AvgIpc) is 2.28. The summed E-state index contributed by atoms with van der Waals surface area (Å²) in [5.41, 5.74) is 0.200. The fraction of sp³-hybridized carbons (Fsp3) is 0.600. The zero-order chi connectivity index (χ0) is 12.8. The Bertz CT molecular complexity index is 461. The van der Waals surface area contributed by atoms with Gasteiger partial charge in [-0.1, -0.05) is 18.5 Å². The lowest BCUT2D eigenvalue weighted by Crippen LogP contribution is -2.24. The van der Waals surface area contributed by atoms with Gasteiger partial charge in [-0.25, -0.2) is 4.68 Å². The predicted octanol–water partition coefficient (Wildman–Crippen LogP) is 1.10. The Hall–Kier alpha value is -0.880. The average molecular weight is 278 g/mol. The molecule has 96 valence electrons. The Morgan fingerprint density at radius 1 is 1.59 bits per heavy atom. The van der Waals surface area contributed by atoms with Gasteiger partial charge in [0.05, 0.1) is 11.9 Å². The highest BCUT2D eigenvalue weighted by Gasteiger charge is 2.08. The molecule has 0 aliphatic carbocycles. The Morgan fingerprint density at radius 3 is 2.88 bits per heavy atom. The second-order valence-electron chi connectivity index (χ2n) is 3.60. The zero-order valence-corrected chi connectivity index (χ0v) is 11.5. The van der Waals surface area contributed by atoms with Crippen molar-refractivity contribution in [2.45, 2.75) is 19.9 Å². The second-order valence-corrected chi connectivity index (χ2v) is 5.54. The van der Waals surface area contributed by atoms with E-state index in [2.05, 4.69) is 10.4 Å². The molecule has 5 nitrogen and oxygen atoms in total. The van der Waals surface area contributed by atoms with E-state index in [1.165, 1.54) is 10.9 Å². The highest BCUT2D eigenvalue weighted by atomic mass is 35.5. The molecule has 0 saturated heterocycles. The van der Waals surface area contributed by atoms with Crippen LogP contribution in [-0.2, 0) is 17.3 Å². The summed E-state index contributed by atoms with van der Waals surface area (Å²) < 4.78 is 12.2. The highest BCUT2D eigenvalue weighted by Crippen LogP contribution is 2.14. The van der Waals surface area contributed by atoms with Crippen molar-refractivity contribution in [3.05, 3.63) is 21.6 Å². The summed E-state index contributed by atoms with van der Waals surface area (Å²) in [6, 6.07) is 0. The summed E-state index contributed by atoms with van der Waals surface area (Å²) in [5, 5.41) is 7.10. The Labute approximate surface area is 108 Å². The van der Waals surface area contributed by atoms with E-state index in [1.54, 1.807) is 6.26 Å². The van der Waals surface area contributed by atoms with Gasteiger partial charge in [0.2, 0.25) is 0 Å². The van der Waals surface area contributed by atoms with E-state index in [0.29, 0.717) is 24.5 Å². The van der Waals surface area contributed by atoms with Gasteiger partial charge in [0, 0.05) is 35.9 Å². The van der Waals surface area contributed by atoms with Crippen LogP contribution in [0.15, 0.2) is 11.0 Å². The molecule has 1 heterocycles. The van der Waals surface area contributed by atoms with Gasteiger partial charge in [-0.15, -0.1) is 0 Å². The molecular formula is C10H16ClN3O2S. The maximum Gasteiger partial charge on any atom is 0.287 e. The van der Waals surface area contributed by atoms with Crippen molar-refractivity contribution in [3.63, 3.8) is 0 Å². The van der Waals surface area contributed by atoms with Crippen LogP contribution in [0.1, 0.15) is 13.3 Å². The Kier molecular flexibility index (Phi) is 5.64. The smallest absolute Gasteiger partial charge is 0.287 e. The molecule has 1 aromatic rings.